The number of hydrogen-bond acceptors (Lipinski definition) is 5. The van der Waals surface area contributed by atoms with Crippen LogP contribution < -0.4 is 21.5 Å². The average molecular weight is 513 g/mol. The Bertz CT molecular complexity index is 1290. The van der Waals surface area contributed by atoms with Gasteiger partial charge in [-0.25, -0.2) is 0 Å². The molecule has 164 valence electrons. The molecule has 1 aliphatic rings. The Morgan fingerprint density at radius 3 is 2.41 bits per heavy atom. The van der Waals surface area contributed by atoms with E-state index >= 15 is 0 Å². The number of nitrogens with zero attached hydrogens (tertiary/aromatic N) is 1. The lowest BCUT2D eigenvalue weighted by molar-refractivity contribution is -0.123. The van der Waals surface area contributed by atoms with Crippen LogP contribution in [0.1, 0.15) is 17.9 Å². The van der Waals surface area contributed by atoms with Crippen LogP contribution in [-0.4, -0.2) is 21.8 Å². The van der Waals surface area contributed by atoms with E-state index in [4.69, 9.17) is 46.4 Å². The monoisotopic (exact) mass is 511 g/mol. The molecule has 1 aliphatic heterocycles. The zero-order valence-electron chi connectivity index (χ0n) is 15.9. The topological polar surface area (TPSA) is 116 Å². The van der Waals surface area contributed by atoms with Gasteiger partial charge in [-0.2, -0.15) is 4.98 Å². The van der Waals surface area contributed by atoms with Gasteiger partial charge in [0.1, 0.15) is 5.82 Å². The first kappa shape index (κ1) is 22.4. The molecule has 3 aromatic rings. The van der Waals surface area contributed by atoms with Crippen molar-refractivity contribution in [1.29, 1.82) is 0 Å². The summed E-state index contributed by atoms with van der Waals surface area (Å²) in [6, 6.07) is 9.26. The van der Waals surface area contributed by atoms with Gasteiger partial charge in [-0.15, -0.1) is 0 Å². The second-order valence-electron chi connectivity index (χ2n) is 6.88. The lowest BCUT2D eigenvalue weighted by atomic mass is 9.92. The van der Waals surface area contributed by atoms with Crippen LogP contribution in [0.25, 0.3) is 0 Å². The average Bonchev–Trinajstić information content (AvgIpc) is 2.68. The van der Waals surface area contributed by atoms with Crippen LogP contribution in [0.5, 0.6) is 0 Å². The Morgan fingerprint density at radius 2 is 1.72 bits per heavy atom. The summed E-state index contributed by atoms with van der Waals surface area (Å²) in [7, 11) is 0. The number of rotatable bonds is 4. The number of carbonyl (C=O) groups excluding carboxylic acids is 2. The number of benzene rings is 2. The van der Waals surface area contributed by atoms with Crippen LogP contribution in [0.3, 0.4) is 0 Å². The molecule has 1 atom stereocenters. The molecular formula is C20H13Cl4N5O3. The fraction of sp³-hybridized carbons (Fsp3) is 0.100. The number of amides is 2. The maximum Gasteiger partial charge on any atom is 0.258 e. The number of anilines is 4. The Balaban J connectivity index is 1.65. The molecule has 0 radical (unpaired) electrons. The van der Waals surface area contributed by atoms with Crippen molar-refractivity contribution < 1.29 is 9.59 Å². The second kappa shape index (κ2) is 8.99. The van der Waals surface area contributed by atoms with E-state index in [1.54, 1.807) is 24.3 Å². The molecule has 12 heteroatoms. The van der Waals surface area contributed by atoms with E-state index in [-0.39, 0.29) is 28.8 Å². The predicted octanol–water partition coefficient (Wildman–Crippen LogP) is 5.19. The van der Waals surface area contributed by atoms with Crippen molar-refractivity contribution in [3.63, 3.8) is 0 Å². The smallest absolute Gasteiger partial charge is 0.258 e. The van der Waals surface area contributed by atoms with Crippen molar-refractivity contribution >= 4 is 81.4 Å². The van der Waals surface area contributed by atoms with E-state index in [1.807, 2.05) is 0 Å². The van der Waals surface area contributed by atoms with Gasteiger partial charge in [-0.1, -0.05) is 46.4 Å². The van der Waals surface area contributed by atoms with Gasteiger partial charge >= 0.3 is 0 Å². The van der Waals surface area contributed by atoms with Gasteiger partial charge in [0.05, 0.1) is 22.2 Å². The molecular weight excluding hydrogens is 500 g/mol. The van der Waals surface area contributed by atoms with Gasteiger partial charge in [-0.3, -0.25) is 19.4 Å². The first-order valence-electron chi connectivity index (χ1n) is 9.12. The summed E-state index contributed by atoms with van der Waals surface area (Å²) in [4.78, 5) is 44.8. The summed E-state index contributed by atoms with van der Waals surface area (Å²) in [5.74, 6) is -2.11. The number of halogens is 4. The first-order chi connectivity index (χ1) is 15.2. The summed E-state index contributed by atoms with van der Waals surface area (Å²) >= 11 is 24.0. The van der Waals surface area contributed by atoms with E-state index in [0.717, 1.165) is 0 Å². The van der Waals surface area contributed by atoms with Crippen LogP contribution in [0.15, 0.2) is 41.2 Å². The highest BCUT2D eigenvalue weighted by atomic mass is 35.5. The zero-order chi connectivity index (χ0) is 23.0. The fourth-order valence-corrected chi connectivity index (χ4v) is 4.21. The quantitative estimate of drug-likeness (QED) is 0.383. The molecule has 2 heterocycles. The Morgan fingerprint density at radius 1 is 1.00 bits per heavy atom. The van der Waals surface area contributed by atoms with E-state index in [2.05, 4.69) is 25.9 Å². The number of H-pyrrole nitrogens is 1. The third-order valence-corrected chi connectivity index (χ3v) is 5.57. The van der Waals surface area contributed by atoms with Crippen molar-refractivity contribution in [3.8, 4) is 0 Å². The van der Waals surface area contributed by atoms with E-state index < -0.39 is 23.3 Å². The minimum absolute atomic E-state index is 0.0250. The second-order valence-corrected chi connectivity index (χ2v) is 8.59. The summed E-state index contributed by atoms with van der Waals surface area (Å²) in [5.41, 5.74) is 0.211. The molecule has 0 saturated carbocycles. The maximum absolute atomic E-state index is 12.9. The third kappa shape index (κ3) is 4.83. The van der Waals surface area contributed by atoms with Crippen molar-refractivity contribution in [2.24, 2.45) is 0 Å². The number of aromatic nitrogens is 2. The zero-order valence-corrected chi connectivity index (χ0v) is 19.0. The molecule has 8 nitrogen and oxygen atoms in total. The number of carbonyl (C=O) groups is 2. The molecule has 0 saturated heterocycles. The largest absolute Gasteiger partial charge is 0.326 e. The Labute approximate surface area is 201 Å². The molecule has 32 heavy (non-hydrogen) atoms. The Kier molecular flexibility index (Phi) is 6.30. The first-order valence-corrected chi connectivity index (χ1v) is 10.6. The van der Waals surface area contributed by atoms with Gasteiger partial charge in [0.15, 0.2) is 0 Å². The van der Waals surface area contributed by atoms with E-state index in [9.17, 15) is 14.4 Å². The lowest BCUT2D eigenvalue weighted by Crippen LogP contribution is -2.36. The van der Waals surface area contributed by atoms with Gasteiger partial charge in [0.25, 0.3) is 5.56 Å². The molecule has 1 aromatic heterocycles. The van der Waals surface area contributed by atoms with Crippen LogP contribution in [0.4, 0.5) is 23.1 Å². The molecule has 4 N–H and O–H groups in total. The summed E-state index contributed by atoms with van der Waals surface area (Å²) < 4.78 is 0. The SMILES string of the molecule is O=C1C[C@@H](C(=O)Nc2ccc(Cl)cc2Cl)c2c(nc(Nc3cc(Cl)cc(Cl)c3)[nH]c2=O)N1. The van der Waals surface area contributed by atoms with Gasteiger partial charge in [0.2, 0.25) is 17.8 Å². The number of aromatic amines is 1. The minimum Gasteiger partial charge on any atom is -0.326 e. The molecule has 2 amide bonds. The van der Waals surface area contributed by atoms with Gasteiger partial charge < -0.3 is 16.0 Å². The Hall–Kier alpha value is -2.78. The fourth-order valence-electron chi connectivity index (χ4n) is 3.23. The van der Waals surface area contributed by atoms with Crippen LogP contribution >= 0.6 is 46.4 Å². The maximum atomic E-state index is 12.9. The number of hydrogen-bond donors (Lipinski definition) is 4. The lowest BCUT2D eigenvalue weighted by Gasteiger charge is -2.24. The third-order valence-electron chi connectivity index (χ3n) is 4.58. The highest BCUT2D eigenvalue weighted by molar-refractivity contribution is 6.37. The van der Waals surface area contributed by atoms with Gasteiger partial charge in [0, 0.05) is 27.2 Å². The van der Waals surface area contributed by atoms with Crippen molar-refractivity contribution in [2.45, 2.75) is 12.3 Å². The highest BCUT2D eigenvalue weighted by Gasteiger charge is 2.35. The van der Waals surface area contributed by atoms with Crippen LogP contribution in [0, 0.1) is 0 Å². The molecule has 2 aromatic carbocycles. The van der Waals surface area contributed by atoms with Crippen LogP contribution in [0.2, 0.25) is 20.1 Å². The number of nitrogens with one attached hydrogen (secondary N) is 4. The molecule has 0 aliphatic carbocycles. The molecule has 0 unspecified atom stereocenters. The summed E-state index contributed by atoms with van der Waals surface area (Å²) in [6.07, 6.45) is -0.231. The molecule has 0 spiro atoms. The molecule has 0 fully saturated rings. The van der Waals surface area contributed by atoms with Crippen molar-refractivity contribution in [1.82, 2.24) is 9.97 Å². The predicted molar refractivity (Wildman–Crippen MR) is 126 cm³/mol. The molecule has 0 bridgehead atoms. The molecule has 4 rings (SSSR count). The van der Waals surface area contributed by atoms with Crippen molar-refractivity contribution in [3.05, 3.63) is 72.4 Å². The minimum atomic E-state index is -1.07. The van der Waals surface area contributed by atoms with Crippen LogP contribution in [-0.2, 0) is 9.59 Å². The standard InChI is InChI=1S/C20H13Cl4N5O3/c21-8-1-2-14(13(24)6-8)26-18(31)12-7-15(30)27-17-16(12)19(32)29-20(28-17)25-11-4-9(22)3-10(23)5-11/h1-6,12H,7H2,(H,26,31)(H3,25,27,28,29,30,32)/t12-/m1/s1. The van der Waals surface area contributed by atoms with E-state index in [0.29, 0.717) is 26.4 Å². The summed E-state index contributed by atoms with van der Waals surface area (Å²) in [5, 5.41) is 9.41. The van der Waals surface area contributed by atoms with Gasteiger partial charge in [-0.05, 0) is 36.4 Å². The highest BCUT2D eigenvalue weighted by Crippen LogP contribution is 2.32. The number of fused-ring (bicyclic) bond motifs is 1. The summed E-state index contributed by atoms with van der Waals surface area (Å²) in [6.45, 7) is 0. The van der Waals surface area contributed by atoms with Crippen molar-refractivity contribution in [2.75, 3.05) is 16.0 Å². The van der Waals surface area contributed by atoms with E-state index in [1.165, 1.54) is 12.1 Å². The normalized spacial score (nSPS) is 15.0.